The first-order valence-electron chi connectivity index (χ1n) is 6.38. The van der Waals surface area contributed by atoms with E-state index >= 15 is 0 Å². The van der Waals surface area contributed by atoms with Gasteiger partial charge in [0.25, 0.3) is 11.8 Å². The van der Waals surface area contributed by atoms with Gasteiger partial charge in [0.1, 0.15) is 0 Å². The molecule has 22 heavy (non-hydrogen) atoms. The summed E-state index contributed by atoms with van der Waals surface area (Å²) in [6.45, 7) is 1.27. The molecule has 0 aliphatic carbocycles. The fourth-order valence-corrected chi connectivity index (χ4v) is 1.70. The highest BCUT2D eigenvalue weighted by Gasteiger charge is 2.14. The molecule has 1 heterocycles. The summed E-state index contributed by atoms with van der Waals surface area (Å²) in [5.74, 6) is -1.73. The lowest BCUT2D eigenvalue weighted by Gasteiger charge is -2.09. The zero-order valence-electron chi connectivity index (χ0n) is 11.8. The highest BCUT2D eigenvalue weighted by Crippen LogP contribution is 2.18. The Balaban J connectivity index is 2.14. The van der Waals surface area contributed by atoms with E-state index in [0.29, 0.717) is 5.69 Å². The average Bonchev–Trinajstić information content (AvgIpc) is 3.01. The molecular weight excluding hydrogens is 288 g/mol. The number of rotatable bonds is 5. The lowest BCUT2D eigenvalue weighted by atomic mass is 10.1. The molecule has 114 valence electrons. The molecule has 1 aromatic carbocycles. The van der Waals surface area contributed by atoms with Crippen LogP contribution in [0, 0.1) is 6.92 Å². The molecule has 3 N–H and O–H groups in total. The Morgan fingerprint density at radius 2 is 2.05 bits per heavy atom. The fraction of sp³-hybridized carbons (Fsp3) is 0.133. The minimum Gasteiger partial charge on any atom is -0.459 e. The van der Waals surface area contributed by atoms with Crippen molar-refractivity contribution in [3.63, 3.8) is 0 Å². The summed E-state index contributed by atoms with van der Waals surface area (Å²) < 4.78 is 9.71. The van der Waals surface area contributed by atoms with E-state index in [4.69, 9.17) is 14.9 Å². The van der Waals surface area contributed by atoms with Gasteiger partial charge in [0, 0.05) is 5.69 Å². The van der Waals surface area contributed by atoms with Crippen LogP contribution in [0.4, 0.5) is 5.69 Å². The van der Waals surface area contributed by atoms with Gasteiger partial charge < -0.3 is 20.2 Å². The molecule has 7 heteroatoms. The number of carbonyl (C=O) groups is 3. The Morgan fingerprint density at radius 3 is 2.68 bits per heavy atom. The second-order valence-electron chi connectivity index (χ2n) is 4.50. The third kappa shape index (κ3) is 3.72. The Labute approximate surface area is 126 Å². The Kier molecular flexibility index (Phi) is 4.57. The van der Waals surface area contributed by atoms with Crippen LogP contribution in [-0.2, 0) is 9.53 Å². The van der Waals surface area contributed by atoms with Gasteiger partial charge in [-0.05, 0) is 36.8 Å². The number of esters is 1. The topological polar surface area (TPSA) is 112 Å². The van der Waals surface area contributed by atoms with Crippen molar-refractivity contribution in [2.45, 2.75) is 6.92 Å². The average molecular weight is 302 g/mol. The summed E-state index contributed by atoms with van der Waals surface area (Å²) >= 11 is 0. The number of nitrogens with two attached hydrogens (primary N) is 1. The van der Waals surface area contributed by atoms with Gasteiger partial charge in [0.2, 0.25) is 0 Å². The van der Waals surface area contributed by atoms with Gasteiger partial charge in [0.05, 0.1) is 11.8 Å². The second-order valence-corrected chi connectivity index (χ2v) is 4.50. The van der Waals surface area contributed by atoms with E-state index in [9.17, 15) is 14.4 Å². The summed E-state index contributed by atoms with van der Waals surface area (Å²) in [4.78, 5) is 34.3. The Hall–Kier alpha value is -3.09. The van der Waals surface area contributed by atoms with Crippen LogP contribution in [-0.4, -0.2) is 24.4 Å². The lowest BCUT2D eigenvalue weighted by Crippen LogP contribution is -2.21. The molecular formula is C15H14N2O5. The number of anilines is 1. The van der Waals surface area contributed by atoms with Crippen molar-refractivity contribution in [1.82, 2.24) is 0 Å². The quantitative estimate of drug-likeness (QED) is 0.812. The summed E-state index contributed by atoms with van der Waals surface area (Å²) in [6, 6.07) is 7.76. The number of ether oxygens (including phenoxy) is 1. The van der Waals surface area contributed by atoms with E-state index in [1.807, 2.05) is 0 Å². The summed E-state index contributed by atoms with van der Waals surface area (Å²) in [6.07, 6.45) is 1.39. The molecule has 0 saturated carbocycles. The summed E-state index contributed by atoms with van der Waals surface area (Å²) in [5.41, 5.74) is 6.30. The van der Waals surface area contributed by atoms with Crippen molar-refractivity contribution < 1.29 is 23.5 Å². The Morgan fingerprint density at radius 1 is 1.27 bits per heavy atom. The van der Waals surface area contributed by atoms with E-state index in [-0.39, 0.29) is 11.3 Å². The molecule has 0 fully saturated rings. The molecule has 0 aliphatic heterocycles. The van der Waals surface area contributed by atoms with Crippen LogP contribution in [0.25, 0.3) is 0 Å². The molecule has 1 aromatic heterocycles. The van der Waals surface area contributed by atoms with Gasteiger partial charge >= 0.3 is 5.97 Å². The molecule has 0 spiro atoms. The molecule has 2 aromatic rings. The van der Waals surface area contributed by atoms with Gasteiger partial charge in [-0.1, -0.05) is 6.07 Å². The van der Waals surface area contributed by atoms with Crippen LogP contribution in [0.2, 0.25) is 0 Å². The van der Waals surface area contributed by atoms with Gasteiger partial charge in [-0.15, -0.1) is 0 Å². The fourth-order valence-electron chi connectivity index (χ4n) is 1.70. The monoisotopic (exact) mass is 302 g/mol. The summed E-state index contributed by atoms with van der Waals surface area (Å²) in [5, 5.41) is 2.64. The molecule has 2 rings (SSSR count). The van der Waals surface area contributed by atoms with Gasteiger partial charge in [0.15, 0.2) is 12.4 Å². The number of aryl methyl sites for hydroxylation is 1. The first kappa shape index (κ1) is 15.3. The van der Waals surface area contributed by atoms with E-state index < -0.39 is 24.4 Å². The summed E-state index contributed by atoms with van der Waals surface area (Å²) in [7, 11) is 0. The van der Waals surface area contributed by atoms with Crippen molar-refractivity contribution >= 4 is 23.5 Å². The first-order chi connectivity index (χ1) is 10.5. The van der Waals surface area contributed by atoms with E-state index in [0.717, 1.165) is 5.56 Å². The number of nitrogens with one attached hydrogen (secondary N) is 1. The van der Waals surface area contributed by atoms with Crippen LogP contribution < -0.4 is 11.1 Å². The number of furan rings is 1. The third-order valence-corrected chi connectivity index (χ3v) is 2.81. The molecule has 0 radical (unpaired) electrons. The molecule has 0 unspecified atom stereocenters. The molecule has 2 amide bonds. The smallest absolute Gasteiger partial charge is 0.338 e. The Bertz CT molecular complexity index is 707. The van der Waals surface area contributed by atoms with Gasteiger partial charge in [-0.2, -0.15) is 0 Å². The number of amides is 2. The van der Waals surface area contributed by atoms with Crippen LogP contribution in [0.15, 0.2) is 41.0 Å². The minimum absolute atomic E-state index is 0.154. The number of primary amides is 1. The molecule has 0 bridgehead atoms. The van der Waals surface area contributed by atoms with Crippen molar-refractivity contribution in [1.29, 1.82) is 0 Å². The number of hydrogen-bond donors (Lipinski definition) is 2. The predicted molar refractivity (Wildman–Crippen MR) is 77.3 cm³/mol. The lowest BCUT2D eigenvalue weighted by molar-refractivity contribution is -0.121. The van der Waals surface area contributed by atoms with Crippen molar-refractivity contribution in [3.05, 3.63) is 53.5 Å². The molecule has 0 aliphatic rings. The minimum atomic E-state index is -0.744. The zero-order valence-corrected chi connectivity index (χ0v) is 11.8. The van der Waals surface area contributed by atoms with E-state index in [1.54, 1.807) is 19.1 Å². The van der Waals surface area contributed by atoms with Crippen LogP contribution in [0.3, 0.4) is 0 Å². The highest BCUT2D eigenvalue weighted by molar-refractivity contribution is 6.03. The first-order valence-corrected chi connectivity index (χ1v) is 6.38. The van der Waals surface area contributed by atoms with Crippen molar-refractivity contribution in [2.75, 3.05) is 11.9 Å². The highest BCUT2D eigenvalue weighted by atomic mass is 16.5. The van der Waals surface area contributed by atoms with Crippen molar-refractivity contribution in [3.8, 4) is 0 Å². The maximum Gasteiger partial charge on any atom is 0.338 e. The SMILES string of the molecule is Cc1ccc(C(=O)OCC(N)=O)cc1NC(=O)c1ccco1. The van der Waals surface area contributed by atoms with E-state index in [1.165, 1.54) is 24.5 Å². The largest absolute Gasteiger partial charge is 0.459 e. The maximum atomic E-state index is 11.9. The molecule has 0 saturated heterocycles. The normalized spacial score (nSPS) is 10.0. The second kappa shape index (κ2) is 6.57. The van der Waals surface area contributed by atoms with E-state index in [2.05, 4.69) is 5.32 Å². The number of hydrogen-bond acceptors (Lipinski definition) is 5. The number of benzene rings is 1. The molecule has 7 nitrogen and oxygen atoms in total. The number of carbonyl (C=O) groups excluding carboxylic acids is 3. The molecule has 0 atom stereocenters. The van der Waals surface area contributed by atoms with Crippen LogP contribution in [0.1, 0.15) is 26.5 Å². The third-order valence-electron chi connectivity index (χ3n) is 2.81. The standard InChI is InChI=1S/C15H14N2O5/c1-9-4-5-10(15(20)22-8-13(16)18)7-11(9)17-14(19)12-3-2-6-21-12/h2-7H,8H2,1H3,(H2,16,18)(H,17,19). The predicted octanol–water partition coefficient (Wildman–Crippen LogP) is 1.48. The maximum absolute atomic E-state index is 11.9. The zero-order chi connectivity index (χ0) is 16.1. The van der Waals surface area contributed by atoms with Crippen molar-refractivity contribution in [2.24, 2.45) is 5.73 Å². The van der Waals surface area contributed by atoms with Crippen LogP contribution >= 0.6 is 0 Å². The van der Waals surface area contributed by atoms with Gasteiger partial charge in [-0.25, -0.2) is 4.79 Å². The van der Waals surface area contributed by atoms with Gasteiger partial charge in [-0.3, -0.25) is 9.59 Å². The van der Waals surface area contributed by atoms with Crippen LogP contribution in [0.5, 0.6) is 0 Å².